The third kappa shape index (κ3) is 4.01. The molecule has 4 aliphatic carbocycles. The molecule has 4 rings (SSSR count). The van der Waals surface area contributed by atoms with E-state index in [1.807, 2.05) is 19.9 Å². The molecule has 0 saturated heterocycles. The fourth-order valence-electron chi connectivity index (χ4n) is 7.51. The van der Waals surface area contributed by atoms with Gasteiger partial charge in [-0.25, -0.2) is 0 Å². The first-order chi connectivity index (χ1) is 14.8. The van der Waals surface area contributed by atoms with E-state index in [9.17, 15) is 9.59 Å². The molecular weight excluding hydrogens is 382 g/mol. The SMILES string of the molecule is C=C/C=C(\C=C)NC(=O)[C@H]1CCC2C3CCC4=CC(=O)CC[C@]4(C)C3CC[C@@]21C.CC. The molecule has 3 saturated carbocycles. The molecule has 3 nitrogen and oxygen atoms in total. The summed E-state index contributed by atoms with van der Waals surface area (Å²) in [4.78, 5) is 25.1. The first-order valence-electron chi connectivity index (χ1n) is 12.3. The molecule has 6 atom stereocenters. The Kier molecular flexibility index (Phi) is 7.13. The van der Waals surface area contributed by atoms with Gasteiger partial charge >= 0.3 is 0 Å². The normalized spacial score (nSPS) is 39.0. The second-order valence-electron chi connectivity index (χ2n) is 10.2. The van der Waals surface area contributed by atoms with E-state index in [0.717, 1.165) is 37.8 Å². The molecular formula is C28H41NO2. The predicted octanol–water partition coefficient (Wildman–Crippen LogP) is 6.53. The zero-order valence-electron chi connectivity index (χ0n) is 20.0. The van der Waals surface area contributed by atoms with Gasteiger partial charge in [0.2, 0.25) is 5.91 Å². The minimum absolute atomic E-state index is 0.0688. The molecule has 170 valence electrons. The molecule has 0 radical (unpaired) electrons. The van der Waals surface area contributed by atoms with Gasteiger partial charge in [0, 0.05) is 18.0 Å². The molecule has 0 spiro atoms. The van der Waals surface area contributed by atoms with Crippen molar-refractivity contribution < 1.29 is 9.59 Å². The highest BCUT2D eigenvalue weighted by molar-refractivity contribution is 5.91. The van der Waals surface area contributed by atoms with Crippen molar-refractivity contribution in [2.24, 2.45) is 34.5 Å². The maximum absolute atomic E-state index is 13.2. The fraction of sp³-hybridized carbons (Fsp3) is 0.643. The Morgan fingerprint density at radius 1 is 1.06 bits per heavy atom. The van der Waals surface area contributed by atoms with Gasteiger partial charge in [-0.1, -0.05) is 52.5 Å². The second kappa shape index (κ2) is 9.30. The van der Waals surface area contributed by atoms with Crippen LogP contribution in [-0.4, -0.2) is 11.7 Å². The van der Waals surface area contributed by atoms with E-state index < -0.39 is 0 Å². The Labute approximate surface area is 189 Å². The number of hydrogen-bond acceptors (Lipinski definition) is 2. The lowest BCUT2D eigenvalue weighted by Gasteiger charge is -2.58. The average Bonchev–Trinajstić information content (AvgIpc) is 3.12. The Hall–Kier alpha value is -1.90. The van der Waals surface area contributed by atoms with E-state index in [2.05, 4.69) is 32.3 Å². The lowest BCUT2D eigenvalue weighted by Crippen LogP contribution is -2.51. The van der Waals surface area contributed by atoms with Gasteiger partial charge in [0.1, 0.15) is 0 Å². The minimum atomic E-state index is 0.0688. The Balaban J connectivity index is 0.00000132. The molecule has 4 aliphatic rings. The molecule has 1 amide bonds. The van der Waals surface area contributed by atoms with Gasteiger partial charge in [-0.2, -0.15) is 0 Å². The largest absolute Gasteiger partial charge is 0.326 e. The van der Waals surface area contributed by atoms with Crippen LogP contribution in [0.5, 0.6) is 0 Å². The van der Waals surface area contributed by atoms with Crippen molar-refractivity contribution >= 4 is 11.7 Å². The summed E-state index contributed by atoms with van der Waals surface area (Å²) in [7, 11) is 0. The molecule has 31 heavy (non-hydrogen) atoms. The smallest absolute Gasteiger partial charge is 0.228 e. The Morgan fingerprint density at radius 2 is 1.81 bits per heavy atom. The Morgan fingerprint density at radius 3 is 2.48 bits per heavy atom. The number of nitrogens with one attached hydrogen (secondary N) is 1. The van der Waals surface area contributed by atoms with Crippen molar-refractivity contribution in [2.45, 2.75) is 79.1 Å². The molecule has 0 bridgehead atoms. The van der Waals surface area contributed by atoms with Crippen LogP contribution < -0.4 is 5.32 Å². The summed E-state index contributed by atoms with van der Waals surface area (Å²) in [6.07, 6.45) is 15.5. The minimum Gasteiger partial charge on any atom is -0.326 e. The van der Waals surface area contributed by atoms with E-state index in [4.69, 9.17) is 0 Å². The number of rotatable bonds is 4. The third-order valence-corrected chi connectivity index (χ3v) is 9.06. The summed E-state index contributed by atoms with van der Waals surface area (Å²) < 4.78 is 0. The topological polar surface area (TPSA) is 46.2 Å². The lowest BCUT2D eigenvalue weighted by atomic mass is 9.47. The monoisotopic (exact) mass is 423 g/mol. The fourth-order valence-corrected chi connectivity index (χ4v) is 7.51. The second-order valence-corrected chi connectivity index (χ2v) is 10.2. The number of allylic oxidation sites excluding steroid dienone is 4. The summed E-state index contributed by atoms with van der Waals surface area (Å²) in [6.45, 7) is 16.3. The van der Waals surface area contributed by atoms with Gasteiger partial charge in [-0.15, -0.1) is 0 Å². The van der Waals surface area contributed by atoms with E-state index in [1.165, 1.54) is 18.4 Å². The van der Waals surface area contributed by atoms with E-state index in [-0.39, 0.29) is 22.7 Å². The predicted molar refractivity (Wildman–Crippen MR) is 128 cm³/mol. The molecule has 0 heterocycles. The van der Waals surface area contributed by atoms with Gasteiger partial charge < -0.3 is 5.32 Å². The van der Waals surface area contributed by atoms with Crippen LogP contribution in [0, 0.1) is 34.5 Å². The molecule has 3 heteroatoms. The number of fused-ring (bicyclic) bond motifs is 5. The van der Waals surface area contributed by atoms with Gasteiger partial charge in [0.25, 0.3) is 0 Å². The van der Waals surface area contributed by atoms with Gasteiger partial charge in [0.15, 0.2) is 5.78 Å². The summed E-state index contributed by atoms with van der Waals surface area (Å²) in [5.41, 5.74) is 2.42. The van der Waals surface area contributed by atoms with Gasteiger partial charge in [-0.3, -0.25) is 9.59 Å². The lowest BCUT2D eigenvalue weighted by molar-refractivity contribution is -0.131. The molecule has 0 aromatic heterocycles. The highest BCUT2D eigenvalue weighted by Crippen LogP contribution is 2.66. The summed E-state index contributed by atoms with van der Waals surface area (Å²) in [5, 5.41) is 3.08. The maximum atomic E-state index is 13.2. The zero-order valence-corrected chi connectivity index (χ0v) is 20.0. The summed E-state index contributed by atoms with van der Waals surface area (Å²) >= 11 is 0. The Bertz CT molecular complexity index is 806. The molecule has 1 N–H and O–H groups in total. The van der Waals surface area contributed by atoms with Crippen LogP contribution in [0.4, 0.5) is 0 Å². The van der Waals surface area contributed by atoms with E-state index in [0.29, 0.717) is 30.0 Å². The van der Waals surface area contributed by atoms with Crippen molar-refractivity contribution in [2.75, 3.05) is 0 Å². The van der Waals surface area contributed by atoms with Crippen LogP contribution in [0.2, 0.25) is 0 Å². The highest BCUT2D eigenvalue weighted by Gasteiger charge is 2.60. The van der Waals surface area contributed by atoms with Crippen LogP contribution in [-0.2, 0) is 9.59 Å². The van der Waals surface area contributed by atoms with Crippen LogP contribution in [0.1, 0.15) is 79.1 Å². The van der Waals surface area contributed by atoms with Gasteiger partial charge in [-0.05, 0) is 91.8 Å². The average molecular weight is 424 g/mol. The third-order valence-electron chi connectivity index (χ3n) is 9.06. The first-order valence-corrected chi connectivity index (χ1v) is 12.3. The van der Waals surface area contributed by atoms with Crippen molar-refractivity contribution in [1.82, 2.24) is 5.32 Å². The number of amides is 1. The standard InChI is InChI=1S/C26H35NO2.C2H6/c1-5-7-18(6-2)27-24(29)23-11-10-21-20-9-8-17-16-19(28)12-14-25(17,3)22(20)13-15-26(21,23)4;1-2/h5-7,16,20-23H,1-2,8-15H2,3-4H3,(H,27,29);1-2H3/b18-7+;/t20?,21?,22?,23-,25+,26+;/m1./s1. The zero-order chi connectivity index (χ0) is 22.8. The number of hydrogen-bond donors (Lipinski definition) is 1. The molecule has 0 aromatic rings. The number of carbonyl (C=O) groups excluding carboxylic acids is 2. The summed E-state index contributed by atoms with van der Waals surface area (Å²) in [5.74, 6) is 2.50. The van der Waals surface area contributed by atoms with Crippen molar-refractivity contribution in [3.05, 3.63) is 48.7 Å². The molecule has 0 aromatic carbocycles. The number of carbonyl (C=O) groups is 2. The number of ketones is 1. The van der Waals surface area contributed by atoms with Crippen LogP contribution in [0.25, 0.3) is 0 Å². The maximum Gasteiger partial charge on any atom is 0.228 e. The van der Waals surface area contributed by atoms with Crippen LogP contribution in [0.15, 0.2) is 48.7 Å². The van der Waals surface area contributed by atoms with Crippen molar-refractivity contribution in [1.29, 1.82) is 0 Å². The van der Waals surface area contributed by atoms with Crippen molar-refractivity contribution in [3.63, 3.8) is 0 Å². The summed E-state index contributed by atoms with van der Waals surface area (Å²) in [6, 6.07) is 0. The van der Waals surface area contributed by atoms with Crippen LogP contribution in [0.3, 0.4) is 0 Å². The van der Waals surface area contributed by atoms with E-state index in [1.54, 1.807) is 18.2 Å². The van der Waals surface area contributed by atoms with Crippen LogP contribution >= 0.6 is 0 Å². The highest BCUT2D eigenvalue weighted by atomic mass is 16.2. The van der Waals surface area contributed by atoms with Crippen molar-refractivity contribution in [3.8, 4) is 0 Å². The van der Waals surface area contributed by atoms with E-state index >= 15 is 0 Å². The first kappa shape index (κ1) is 23.8. The molecule has 3 fully saturated rings. The molecule has 0 aliphatic heterocycles. The molecule has 3 unspecified atom stereocenters. The van der Waals surface area contributed by atoms with Gasteiger partial charge in [0.05, 0.1) is 0 Å². The quantitative estimate of drug-likeness (QED) is 0.522.